The summed E-state index contributed by atoms with van der Waals surface area (Å²) in [5, 5.41) is 0.861. The molecule has 1 unspecified atom stereocenters. The molecule has 0 spiro atoms. The molecule has 0 nitrogen and oxygen atoms in total. The van der Waals surface area contributed by atoms with Gasteiger partial charge < -0.3 is 0 Å². The fourth-order valence-electron chi connectivity index (χ4n) is 0.901. The second kappa shape index (κ2) is 6.41. The standard InChI is InChI=1S/C8H18S2/c1-5-6-8(7(2)3)10-9-4/h7-8H,5-6H2,1-4H3. The van der Waals surface area contributed by atoms with Crippen molar-refractivity contribution in [3.8, 4) is 0 Å². The average molecular weight is 178 g/mol. The van der Waals surface area contributed by atoms with Crippen LogP contribution in [0.25, 0.3) is 0 Å². The van der Waals surface area contributed by atoms with Crippen LogP contribution in [-0.4, -0.2) is 11.5 Å². The average Bonchev–Trinajstić information content (AvgIpc) is 1.87. The largest absolute Gasteiger partial charge is 0.0973 e. The van der Waals surface area contributed by atoms with E-state index in [1.165, 1.54) is 12.8 Å². The normalized spacial score (nSPS) is 14.1. The Balaban J connectivity index is 3.50. The van der Waals surface area contributed by atoms with Gasteiger partial charge in [-0.25, -0.2) is 0 Å². The second-order valence-electron chi connectivity index (χ2n) is 2.83. The van der Waals surface area contributed by atoms with E-state index < -0.39 is 0 Å². The third-order valence-electron chi connectivity index (χ3n) is 1.54. The van der Waals surface area contributed by atoms with Crippen LogP contribution in [0.2, 0.25) is 0 Å². The van der Waals surface area contributed by atoms with Crippen molar-refractivity contribution in [3.05, 3.63) is 0 Å². The van der Waals surface area contributed by atoms with E-state index in [1.807, 2.05) is 21.6 Å². The molecule has 0 fully saturated rings. The van der Waals surface area contributed by atoms with E-state index in [2.05, 4.69) is 27.0 Å². The molecule has 0 rings (SSSR count). The molecule has 0 N–H and O–H groups in total. The van der Waals surface area contributed by atoms with Crippen molar-refractivity contribution in [1.29, 1.82) is 0 Å². The van der Waals surface area contributed by atoms with Crippen molar-refractivity contribution >= 4 is 21.6 Å². The lowest BCUT2D eigenvalue weighted by atomic mass is 10.1. The first-order valence-electron chi connectivity index (χ1n) is 3.91. The Kier molecular flexibility index (Phi) is 6.86. The monoisotopic (exact) mass is 178 g/mol. The maximum atomic E-state index is 2.31. The van der Waals surface area contributed by atoms with Gasteiger partial charge in [0.05, 0.1) is 0 Å². The predicted molar refractivity (Wildman–Crippen MR) is 54.6 cm³/mol. The van der Waals surface area contributed by atoms with Crippen LogP contribution in [0.1, 0.15) is 33.6 Å². The van der Waals surface area contributed by atoms with Gasteiger partial charge in [0.2, 0.25) is 0 Å². The Morgan fingerprint density at radius 3 is 2.20 bits per heavy atom. The molecule has 62 valence electrons. The maximum Gasteiger partial charge on any atom is 0.0174 e. The van der Waals surface area contributed by atoms with Crippen molar-refractivity contribution < 1.29 is 0 Å². The van der Waals surface area contributed by atoms with Crippen LogP contribution in [0.3, 0.4) is 0 Å². The summed E-state index contributed by atoms with van der Waals surface area (Å²) >= 11 is 0. The lowest BCUT2D eigenvalue weighted by molar-refractivity contribution is 0.569. The lowest BCUT2D eigenvalue weighted by Crippen LogP contribution is -2.08. The van der Waals surface area contributed by atoms with Crippen LogP contribution in [0.15, 0.2) is 0 Å². The van der Waals surface area contributed by atoms with E-state index >= 15 is 0 Å². The smallest absolute Gasteiger partial charge is 0.0174 e. The molecule has 0 saturated heterocycles. The highest BCUT2D eigenvalue weighted by Crippen LogP contribution is 2.31. The van der Waals surface area contributed by atoms with Crippen LogP contribution < -0.4 is 0 Å². The van der Waals surface area contributed by atoms with Gasteiger partial charge in [0.15, 0.2) is 0 Å². The minimum Gasteiger partial charge on any atom is -0.0973 e. The molecule has 0 radical (unpaired) electrons. The molecular formula is C8H18S2. The molecule has 0 aliphatic heterocycles. The van der Waals surface area contributed by atoms with E-state index in [0.717, 1.165) is 11.2 Å². The Morgan fingerprint density at radius 2 is 1.90 bits per heavy atom. The maximum absolute atomic E-state index is 2.31. The van der Waals surface area contributed by atoms with Gasteiger partial charge in [-0.3, -0.25) is 0 Å². The molecule has 0 aromatic heterocycles. The van der Waals surface area contributed by atoms with Crippen LogP contribution in [0.5, 0.6) is 0 Å². The predicted octanol–water partition coefficient (Wildman–Crippen LogP) is 3.82. The van der Waals surface area contributed by atoms with E-state index in [9.17, 15) is 0 Å². The molecule has 0 aliphatic carbocycles. The second-order valence-corrected chi connectivity index (χ2v) is 5.54. The Morgan fingerprint density at radius 1 is 1.30 bits per heavy atom. The number of rotatable bonds is 5. The highest BCUT2D eigenvalue weighted by molar-refractivity contribution is 8.76. The van der Waals surface area contributed by atoms with E-state index in [4.69, 9.17) is 0 Å². The highest BCUT2D eigenvalue weighted by Gasteiger charge is 2.11. The minimum absolute atomic E-state index is 0.831. The van der Waals surface area contributed by atoms with Crippen LogP contribution in [0.4, 0.5) is 0 Å². The molecule has 0 amide bonds. The fraction of sp³-hybridized carbons (Fsp3) is 1.00. The summed E-state index contributed by atoms with van der Waals surface area (Å²) in [5.74, 6) is 0.831. The van der Waals surface area contributed by atoms with Gasteiger partial charge in [-0.1, -0.05) is 48.8 Å². The van der Waals surface area contributed by atoms with Gasteiger partial charge in [-0.05, 0) is 18.6 Å². The summed E-state index contributed by atoms with van der Waals surface area (Å²) in [4.78, 5) is 0. The van der Waals surface area contributed by atoms with Gasteiger partial charge in [-0.2, -0.15) is 0 Å². The van der Waals surface area contributed by atoms with Gasteiger partial charge in [0, 0.05) is 5.25 Å². The SMILES string of the molecule is CCCC(SSC)C(C)C. The molecule has 0 aliphatic rings. The van der Waals surface area contributed by atoms with Crippen molar-refractivity contribution in [2.75, 3.05) is 6.26 Å². The van der Waals surface area contributed by atoms with E-state index in [1.54, 1.807) is 0 Å². The third-order valence-corrected chi connectivity index (χ3v) is 4.08. The summed E-state index contributed by atoms with van der Waals surface area (Å²) in [6.45, 7) is 6.88. The fourth-order valence-corrected chi connectivity index (χ4v) is 3.40. The van der Waals surface area contributed by atoms with Gasteiger partial charge in [-0.15, -0.1) is 0 Å². The summed E-state index contributed by atoms with van der Waals surface area (Å²) in [5.41, 5.74) is 0. The molecule has 0 aromatic carbocycles. The third kappa shape index (κ3) is 4.51. The zero-order valence-electron chi connectivity index (χ0n) is 7.39. The minimum atomic E-state index is 0.831. The first kappa shape index (κ1) is 10.7. The quantitative estimate of drug-likeness (QED) is 0.587. The summed E-state index contributed by atoms with van der Waals surface area (Å²) < 4.78 is 0. The van der Waals surface area contributed by atoms with E-state index in [0.29, 0.717) is 0 Å². The molecule has 10 heavy (non-hydrogen) atoms. The zero-order chi connectivity index (χ0) is 7.98. The van der Waals surface area contributed by atoms with Crippen LogP contribution in [0, 0.1) is 5.92 Å². The summed E-state index contributed by atoms with van der Waals surface area (Å²) in [7, 11) is 3.92. The number of hydrogen-bond donors (Lipinski definition) is 0. The van der Waals surface area contributed by atoms with Crippen molar-refractivity contribution in [1.82, 2.24) is 0 Å². The van der Waals surface area contributed by atoms with Crippen molar-refractivity contribution in [2.45, 2.75) is 38.9 Å². The molecule has 1 atom stereocenters. The Hall–Kier alpha value is 0.700. The molecule has 0 saturated carbocycles. The first-order chi connectivity index (χ1) is 4.72. The van der Waals surface area contributed by atoms with E-state index in [-0.39, 0.29) is 0 Å². The van der Waals surface area contributed by atoms with Crippen molar-refractivity contribution in [3.63, 3.8) is 0 Å². The van der Waals surface area contributed by atoms with Gasteiger partial charge in [0.1, 0.15) is 0 Å². The topological polar surface area (TPSA) is 0 Å². The first-order valence-corrected chi connectivity index (χ1v) is 6.54. The summed E-state index contributed by atoms with van der Waals surface area (Å²) in [6, 6.07) is 0. The molecular weight excluding hydrogens is 160 g/mol. The van der Waals surface area contributed by atoms with Gasteiger partial charge in [0.25, 0.3) is 0 Å². The molecule has 2 heteroatoms. The lowest BCUT2D eigenvalue weighted by Gasteiger charge is -2.17. The molecule has 0 bridgehead atoms. The molecule has 0 aromatic rings. The summed E-state index contributed by atoms with van der Waals surface area (Å²) in [6.07, 6.45) is 4.84. The Bertz CT molecular complexity index is 65.7. The molecule has 0 heterocycles. The van der Waals surface area contributed by atoms with Crippen LogP contribution in [-0.2, 0) is 0 Å². The Labute approximate surface area is 72.9 Å². The number of hydrogen-bond acceptors (Lipinski definition) is 2. The van der Waals surface area contributed by atoms with Crippen LogP contribution >= 0.6 is 21.6 Å². The van der Waals surface area contributed by atoms with Gasteiger partial charge >= 0.3 is 0 Å². The zero-order valence-corrected chi connectivity index (χ0v) is 9.02. The highest BCUT2D eigenvalue weighted by atomic mass is 33.1. The van der Waals surface area contributed by atoms with Crippen molar-refractivity contribution in [2.24, 2.45) is 5.92 Å².